The number of esters is 1. The van der Waals surface area contributed by atoms with Gasteiger partial charge in [-0.3, -0.25) is 0 Å². The monoisotopic (exact) mass is 317 g/mol. The number of hydrogen-bond acceptors (Lipinski definition) is 5. The normalized spacial score (nSPS) is 13.5. The first-order chi connectivity index (χ1) is 11.0. The molecule has 2 aromatic rings. The molecule has 3 N–H and O–H groups in total. The zero-order valence-electron chi connectivity index (χ0n) is 13.5. The molecular weight excluding hydrogens is 294 g/mol. The molecule has 0 amide bonds. The maximum absolute atomic E-state index is 11.8. The number of aromatic nitrogens is 2. The lowest BCUT2D eigenvalue weighted by molar-refractivity contribution is 0.0527. The van der Waals surface area contributed by atoms with Gasteiger partial charge < -0.3 is 15.6 Å². The van der Waals surface area contributed by atoms with Crippen LogP contribution in [0.15, 0.2) is 36.5 Å². The van der Waals surface area contributed by atoms with Gasteiger partial charge in [0, 0.05) is 0 Å². The second kappa shape index (κ2) is 7.78. The molecule has 2 unspecified atom stereocenters. The SMILES string of the molecule is CCOC(=O)c1cnn(C(C)CCC(O)c2ccccc2)c1N. The summed E-state index contributed by atoms with van der Waals surface area (Å²) in [6.45, 7) is 3.99. The predicted octanol–water partition coefficient (Wildman–Crippen LogP) is 2.72. The number of aliphatic hydroxyl groups is 1. The Balaban J connectivity index is 1.98. The summed E-state index contributed by atoms with van der Waals surface area (Å²) >= 11 is 0. The van der Waals surface area contributed by atoms with Crippen LogP contribution in [0.5, 0.6) is 0 Å². The molecule has 0 aliphatic heterocycles. The Hall–Kier alpha value is -2.34. The number of anilines is 1. The number of rotatable bonds is 7. The summed E-state index contributed by atoms with van der Waals surface area (Å²) in [5.41, 5.74) is 7.16. The number of hydrogen-bond donors (Lipinski definition) is 2. The van der Waals surface area contributed by atoms with Crippen molar-refractivity contribution in [2.75, 3.05) is 12.3 Å². The summed E-state index contributed by atoms with van der Waals surface area (Å²) in [5, 5.41) is 14.4. The fraction of sp³-hybridized carbons (Fsp3) is 0.412. The van der Waals surface area contributed by atoms with E-state index in [0.29, 0.717) is 25.3 Å². The van der Waals surface area contributed by atoms with Crippen LogP contribution in [0, 0.1) is 0 Å². The van der Waals surface area contributed by atoms with E-state index in [1.165, 1.54) is 6.20 Å². The van der Waals surface area contributed by atoms with Crippen LogP contribution in [0.3, 0.4) is 0 Å². The third-order valence-electron chi connectivity index (χ3n) is 3.79. The van der Waals surface area contributed by atoms with Gasteiger partial charge in [0.05, 0.1) is 24.9 Å². The van der Waals surface area contributed by atoms with E-state index in [1.807, 2.05) is 37.3 Å². The summed E-state index contributed by atoms with van der Waals surface area (Å²) in [5.74, 6) is -0.169. The van der Waals surface area contributed by atoms with Crippen molar-refractivity contribution < 1.29 is 14.6 Å². The second-order valence-corrected chi connectivity index (χ2v) is 5.46. The second-order valence-electron chi connectivity index (χ2n) is 5.46. The van der Waals surface area contributed by atoms with Gasteiger partial charge in [-0.25, -0.2) is 9.48 Å². The van der Waals surface area contributed by atoms with Gasteiger partial charge in [-0.15, -0.1) is 0 Å². The Bertz CT molecular complexity index is 640. The zero-order chi connectivity index (χ0) is 16.8. The average Bonchev–Trinajstić information content (AvgIpc) is 2.95. The van der Waals surface area contributed by atoms with Gasteiger partial charge in [0.2, 0.25) is 0 Å². The fourth-order valence-corrected chi connectivity index (χ4v) is 2.45. The van der Waals surface area contributed by atoms with Crippen molar-refractivity contribution in [3.05, 3.63) is 47.7 Å². The molecule has 2 rings (SSSR count). The number of nitrogens with zero attached hydrogens (tertiary/aromatic N) is 2. The lowest BCUT2D eigenvalue weighted by Gasteiger charge is -2.17. The number of benzene rings is 1. The zero-order valence-corrected chi connectivity index (χ0v) is 13.5. The maximum atomic E-state index is 11.8. The van der Waals surface area contributed by atoms with Crippen molar-refractivity contribution in [2.24, 2.45) is 0 Å². The highest BCUT2D eigenvalue weighted by Crippen LogP contribution is 2.25. The van der Waals surface area contributed by atoms with Crippen LogP contribution in [0.1, 0.15) is 54.8 Å². The molecule has 0 aliphatic rings. The molecule has 1 aromatic carbocycles. The molecule has 6 nitrogen and oxygen atoms in total. The lowest BCUT2D eigenvalue weighted by Crippen LogP contribution is -2.14. The van der Waals surface area contributed by atoms with E-state index in [9.17, 15) is 9.90 Å². The van der Waals surface area contributed by atoms with Crippen molar-refractivity contribution in [3.63, 3.8) is 0 Å². The highest BCUT2D eigenvalue weighted by Gasteiger charge is 2.19. The largest absolute Gasteiger partial charge is 0.462 e. The number of ether oxygens (including phenoxy) is 1. The smallest absolute Gasteiger partial charge is 0.343 e. The van der Waals surface area contributed by atoms with E-state index in [4.69, 9.17) is 10.5 Å². The van der Waals surface area contributed by atoms with Crippen molar-refractivity contribution in [3.8, 4) is 0 Å². The van der Waals surface area contributed by atoms with Gasteiger partial charge in [-0.1, -0.05) is 30.3 Å². The first-order valence-corrected chi connectivity index (χ1v) is 7.77. The van der Waals surface area contributed by atoms with Crippen molar-refractivity contribution in [2.45, 2.75) is 38.8 Å². The number of carbonyl (C=O) groups excluding carboxylic acids is 1. The minimum Gasteiger partial charge on any atom is -0.462 e. The molecule has 1 heterocycles. The van der Waals surface area contributed by atoms with E-state index in [2.05, 4.69) is 5.10 Å². The quantitative estimate of drug-likeness (QED) is 0.766. The molecule has 0 bridgehead atoms. The van der Waals surface area contributed by atoms with Crippen molar-refractivity contribution in [1.82, 2.24) is 9.78 Å². The van der Waals surface area contributed by atoms with Gasteiger partial charge in [0.25, 0.3) is 0 Å². The Morgan fingerprint density at radius 3 is 2.70 bits per heavy atom. The Labute approximate surface area is 135 Å². The topological polar surface area (TPSA) is 90.4 Å². The molecule has 1 aromatic heterocycles. The summed E-state index contributed by atoms with van der Waals surface area (Å²) < 4.78 is 6.55. The lowest BCUT2D eigenvalue weighted by atomic mass is 10.0. The van der Waals surface area contributed by atoms with Crippen molar-refractivity contribution >= 4 is 11.8 Å². The van der Waals surface area contributed by atoms with Crippen LogP contribution >= 0.6 is 0 Å². The molecule has 0 saturated heterocycles. The van der Waals surface area contributed by atoms with Crippen LogP contribution in [0.2, 0.25) is 0 Å². The van der Waals surface area contributed by atoms with E-state index in [-0.39, 0.29) is 11.6 Å². The molecular formula is C17H23N3O3. The summed E-state index contributed by atoms with van der Waals surface area (Å²) in [6, 6.07) is 9.49. The Kier molecular flexibility index (Phi) is 5.76. The van der Waals surface area contributed by atoms with Gasteiger partial charge in [0.15, 0.2) is 0 Å². The first kappa shape index (κ1) is 17.0. The molecule has 0 aliphatic carbocycles. The average molecular weight is 317 g/mol. The number of carbonyl (C=O) groups is 1. The number of nitrogen functional groups attached to an aromatic ring is 1. The molecule has 0 saturated carbocycles. The van der Waals surface area contributed by atoms with Crippen LogP contribution < -0.4 is 5.73 Å². The third-order valence-corrected chi connectivity index (χ3v) is 3.79. The summed E-state index contributed by atoms with van der Waals surface area (Å²) in [4.78, 5) is 11.8. The van der Waals surface area contributed by atoms with Crippen molar-refractivity contribution in [1.29, 1.82) is 0 Å². The molecule has 0 radical (unpaired) electrons. The van der Waals surface area contributed by atoms with Gasteiger partial charge in [0.1, 0.15) is 11.4 Å². The predicted molar refractivity (Wildman–Crippen MR) is 87.9 cm³/mol. The third kappa shape index (κ3) is 4.10. The molecule has 2 atom stereocenters. The van der Waals surface area contributed by atoms with E-state index < -0.39 is 12.1 Å². The highest BCUT2D eigenvalue weighted by molar-refractivity contribution is 5.93. The maximum Gasteiger partial charge on any atom is 0.343 e. The van der Waals surface area contributed by atoms with Gasteiger partial charge in [-0.2, -0.15) is 5.10 Å². The fourth-order valence-electron chi connectivity index (χ4n) is 2.45. The Morgan fingerprint density at radius 1 is 1.35 bits per heavy atom. The van der Waals surface area contributed by atoms with Gasteiger partial charge >= 0.3 is 5.97 Å². The van der Waals surface area contributed by atoms with Crippen LogP contribution in [-0.2, 0) is 4.74 Å². The number of nitrogens with two attached hydrogens (primary N) is 1. The molecule has 6 heteroatoms. The molecule has 0 fully saturated rings. The number of aliphatic hydroxyl groups excluding tert-OH is 1. The van der Waals surface area contributed by atoms with Crippen LogP contribution in [0.25, 0.3) is 0 Å². The minimum atomic E-state index is -0.528. The molecule has 0 spiro atoms. The highest BCUT2D eigenvalue weighted by atomic mass is 16.5. The molecule has 23 heavy (non-hydrogen) atoms. The Morgan fingerprint density at radius 2 is 2.04 bits per heavy atom. The van der Waals surface area contributed by atoms with E-state index in [1.54, 1.807) is 11.6 Å². The minimum absolute atomic E-state index is 0.0310. The van der Waals surface area contributed by atoms with Gasteiger partial charge in [-0.05, 0) is 32.3 Å². The van der Waals surface area contributed by atoms with E-state index in [0.717, 1.165) is 5.56 Å². The molecule has 124 valence electrons. The standard InChI is InChI=1S/C17H23N3O3/c1-3-23-17(22)14-11-19-20(16(14)18)12(2)9-10-15(21)13-7-5-4-6-8-13/h4-8,11-12,15,21H,3,9-10,18H2,1-2H3. The summed E-state index contributed by atoms with van der Waals surface area (Å²) in [7, 11) is 0. The van der Waals surface area contributed by atoms with E-state index >= 15 is 0 Å². The summed E-state index contributed by atoms with van der Waals surface area (Å²) in [6.07, 6.45) is 2.17. The van der Waals surface area contributed by atoms with Crippen LogP contribution in [-0.4, -0.2) is 27.5 Å². The van der Waals surface area contributed by atoms with Crippen LogP contribution in [0.4, 0.5) is 5.82 Å². The first-order valence-electron chi connectivity index (χ1n) is 7.77.